The standard InChI is InChI=1S/C13H17N3O3S/c17-12(18)10-8-20-11(16-10)7-15-13(19)14-6-9-4-2-1-3-5-9/h1-2,8-9H,3-7H2,(H,17,18)(H2,14,15,19). The SMILES string of the molecule is O=C(NCc1nc(C(=O)O)cs1)NCC1CC=CCC1. The number of allylic oxidation sites excluding steroid dienone is 2. The number of amides is 2. The van der Waals surface area contributed by atoms with E-state index < -0.39 is 5.97 Å². The molecule has 2 rings (SSSR count). The van der Waals surface area contributed by atoms with Crippen LogP contribution in [-0.4, -0.2) is 28.6 Å². The summed E-state index contributed by atoms with van der Waals surface area (Å²) in [7, 11) is 0. The van der Waals surface area contributed by atoms with Gasteiger partial charge in [-0.1, -0.05) is 12.2 Å². The van der Waals surface area contributed by atoms with Gasteiger partial charge in [-0.05, 0) is 25.2 Å². The first-order valence-electron chi connectivity index (χ1n) is 6.49. The molecule has 1 unspecified atom stereocenters. The van der Waals surface area contributed by atoms with Crippen molar-refractivity contribution in [1.82, 2.24) is 15.6 Å². The number of hydrogen-bond acceptors (Lipinski definition) is 4. The summed E-state index contributed by atoms with van der Waals surface area (Å²) < 4.78 is 0. The highest BCUT2D eigenvalue weighted by Crippen LogP contribution is 2.16. The molecule has 0 aliphatic heterocycles. The Kier molecular flexibility index (Phi) is 5.11. The summed E-state index contributed by atoms with van der Waals surface area (Å²) in [5.74, 6) is -0.550. The summed E-state index contributed by atoms with van der Waals surface area (Å²) in [6.45, 7) is 0.906. The van der Waals surface area contributed by atoms with Gasteiger partial charge in [0, 0.05) is 11.9 Å². The fourth-order valence-corrected chi connectivity index (χ4v) is 2.70. The number of rotatable bonds is 5. The Morgan fingerprint density at radius 1 is 1.40 bits per heavy atom. The Bertz CT molecular complexity index is 513. The number of nitrogens with zero attached hydrogens (tertiary/aromatic N) is 1. The van der Waals surface area contributed by atoms with Crippen LogP contribution in [-0.2, 0) is 6.54 Å². The summed E-state index contributed by atoms with van der Waals surface area (Å²) in [4.78, 5) is 26.2. The lowest BCUT2D eigenvalue weighted by Crippen LogP contribution is -2.38. The van der Waals surface area contributed by atoms with E-state index in [0.717, 1.165) is 19.3 Å². The maximum absolute atomic E-state index is 11.6. The zero-order valence-electron chi connectivity index (χ0n) is 11.0. The van der Waals surface area contributed by atoms with E-state index in [4.69, 9.17) is 5.11 Å². The minimum Gasteiger partial charge on any atom is -0.476 e. The lowest BCUT2D eigenvalue weighted by atomic mass is 9.94. The smallest absolute Gasteiger partial charge is 0.355 e. The maximum atomic E-state index is 11.6. The fraction of sp³-hybridized carbons (Fsp3) is 0.462. The van der Waals surface area contributed by atoms with Gasteiger partial charge in [0.1, 0.15) is 5.01 Å². The van der Waals surface area contributed by atoms with Crippen LogP contribution in [0.5, 0.6) is 0 Å². The second-order valence-electron chi connectivity index (χ2n) is 4.65. The summed E-state index contributed by atoms with van der Waals surface area (Å²) in [5, 5.41) is 16.3. The lowest BCUT2D eigenvalue weighted by molar-refractivity contribution is 0.0691. The third-order valence-electron chi connectivity index (χ3n) is 3.10. The van der Waals surface area contributed by atoms with Crippen molar-refractivity contribution < 1.29 is 14.7 Å². The van der Waals surface area contributed by atoms with E-state index in [9.17, 15) is 9.59 Å². The number of urea groups is 1. The molecule has 0 saturated carbocycles. The zero-order chi connectivity index (χ0) is 14.4. The predicted octanol–water partition coefficient (Wildman–Crippen LogP) is 2.00. The molecule has 0 fully saturated rings. The molecule has 6 nitrogen and oxygen atoms in total. The molecule has 1 aliphatic rings. The minimum atomic E-state index is -1.05. The van der Waals surface area contributed by atoms with E-state index in [2.05, 4.69) is 27.8 Å². The van der Waals surface area contributed by atoms with Crippen LogP contribution in [0, 0.1) is 5.92 Å². The van der Waals surface area contributed by atoms with Crippen molar-refractivity contribution in [2.45, 2.75) is 25.8 Å². The molecule has 1 aromatic heterocycles. The van der Waals surface area contributed by atoms with E-state index in [-0.39, 0.29) is 18.3 Å². The zero-order valence-corrected chi connectivity index (χ0v) is 11.8. The van der Waals surface area contributed by atoms with Crippen molar-refractivity contribution >= 4 is 23.3 Å². The summed E-state index contributed by atoms with van der Waals surface area (Å²) in [6, 6.07) is -0.244. The van der Waals surface area contributed by atoms with Gasteiger partial charge >= 0.3 is 12.0 Å². The molecule has 1 aliphatic carbocycles. The number of nitrogens with one attached hydrogen (secondary N) is 2. The highest BCUT2D eigenvalue weighted by atomic mass is 32.1. The Hall–Kier alpha value is -1.89. The average Bonchev–Trinajstić information content (AvgIpc) is 2.93. The lowest BCUT2D eigenvalue weighted by Gasteiger charge is -2.18. The van der Waals surface area contributed by atoms with Crippen LogP contribution in [0.4, 0.5) is 4.79 Å². The molecule has 1 aromatic rings. The van der Waals surface area contributed by atoms with Crippen molar-refractivity contribution in [3.05, 3.63) is 28.2 Å². The van der Waals surface area contributed by atoms with E-state index in [1.165, 1.54) is 16.7 Å². The first-order chi connectivity index (χ1) is 9.65. The summed E-state index contributed by atoms with van der Waals surface area (Å²) in [6.07, 6.45) is 7.50. The number of carbonyl (C=O) groups is 2. The number of thiazole rings is 1. The Balaban J connectivity index is 1.68. The Morgan fingerprint density at radius 2 is 2.25 bits per heavy atom. The second-order valence-corrected chi connectivity index (χ2v) is 5.59. The molecular weight excluding hydrogens is 278 g/mol. The highest BCUT2D eigenvalue weighted by Gasteiger charge is 2.12. The van der Waals surface area contributed by atoms with Crippen molar-refractivity contribution in [2.75, 3.05) is 6.54 Å². The number of hydrogen-bond donors (Lipinski definition) is 3. The summed E-state index contributed by atoms with van der Waals surface area (Å²) in [5.41, 5.74) is 0.0150. The predicted molar refractivity (Wildman–Crippen MR) is 75.8 cm³/mol. The molecule has 0 radical (unpaired) electrons. The van der Waals surface area contributed by atoms with Gasteiger partial charge in [-0.15, -0.1) is 11.3 Å². The minimum absolute atomic E-state index is 0.0150. The van der Waals surface area contributed by atoms with E-state index in [1.54, 1.807) is 0 Å². The number of carbonyl (C=O) groups excluding carboxylic acids is 1. The average molecular weight is 295 g/mol. The first kappa shape index (κ1) is 14.5. The van der Waals surface area contributed by atoms with Crippen molar-refractivity contribution in [3.63, 3.8) is 0 Å². The molecule has 20 heavy (non-hydrogen) atoms. The van der Waals surface area contributed by atoms with Gasteiger partial charge in [0.05, 0.1) is 6.54 Å². The number of carboxylic acids is 1. The quantitative estimate of drug-likeness (QED) is 0.724. The van der Waals surface area contributed by atoms with Crippen LogP contribution in [0.15, 0.2) is 17.5 Å². The highest BCUT2D eigenvalue weighted by molar-refractivity contribution is 7.09. The number of aromatic nitrogens is 1. The molecule has 108 valence electrons. The Morgan fingerprint density at radius 3 is 2.90 bits per heavy atom. The van der Waals surface area contributed by atoms with E-state index in [0.29, 0.717) is 17.5 Å². The van der Waals surface area contributed by atoms with Gasteiger partial charge < -0.3 is 15.7 Å². The van der Waals surface area contributed by atoms with Gasteiger partial charge in [-0.3, -0.25) is 0 Å². The van der Waals surface area contributed by atoms with E-state index >= 15 is 0 Å². The van der Waals surface area contributed by atoms with Crippen molar-refractivity contribution in [1.29, 1.82) is 0 Å². The number of aromatic carboxylic acids is 1. The van der Waals surface area contributed by atoms with Crippen LogP contribution >= 0.6 is 11.3 Å². The molecule has 0 spiro atoms. The van der Waals surface area contributed by atoms with Gasteiger partial charge in [0.25, 0.3) is 0 Å². The van der Waals surface area contributed by atoms with Gasteiger partial charge in [-0.25, -0.2) is 14.6 Å². The van der Waals surface area contributed by atoms with Gasteiger partial charge in [0.15, 0.2) is 5.69 Å². The molecule has 1 heterocycles. The molecule has 0 bridgehead atoms. The largest absolute Gasteiger partial charge is 0.476 e. The monoisotopic (exact) mass is 295 g/mol. The van der Waals surface area contributed by atoms with Crippen LogP contribution in [0.25, 0.3) is 0 Å². The van der Waals surface area contributed by atoms with Gasteiger partial charge in [0.2, 0.25) is 0 Å². The topological polar surface area (TPSA) is 91.3 Å². The number of carboxylic acid groups (broad SMARTS) is 1. The van der Waals surface area contributed by atoms with E-state index in [1.807, 2.05) is 0 Å². The Labute approximate surface area is 120 Å². The third-order valence-corrected chi connectivity index (χ3v) is 3.95. The molecule has 7 heteroatoms. The van der Waals surface area contributed by atoms with Crippen molar-refractivity contribution in [2.24, 2.45) is 5.92 Å². The molecule has 2 amide bonds. The third kappa shape index (κ3) is 4.34. The van der Waals surface area contributed by atoms with Crippen LogP contribution < -0.4 is 10.6 Å². The van der Waals surface area contributed by atoms with Crippen molar-refractivity contribution in [3.8, 4) is 0 Å². The molecular formula is C13H17N3O3S. The van der Waals surface area contributed by atoms with Crippen LogP contribution in [0.2, 0.25) is 0 Å². The fourth-order valence-electron chi connectivity index (χ4n) is 1.99. The second kappa shape index (κ2) is 7.04. The van der Waals surface area contributed by atoms with Crippen LogP contribution in [0.1, 0.15) is 34.8 Å². The van der Waals surface area contributed by atoms with Gasteiger partial charge in [-0.2, -0.15) is 0 Å². The summed E-state index contributed by atoms with van der Waals surface area (Å²) >= 11 is 1.22. The maximum Gasteiger partial charge on any atom is 0.355 e. The molecule has 0 aromatic carbocycles. The molecule has 3 N–H and O–H groups in total. The molecule has 1 atom stereocenters. The van der Waals surface area contributed by atoms with Crippen LogP contribution in [0.3, 0.4) is 0 Å². The normalized spacial score (nSPS) is 17.7. The first-order valence-corrected chi connectivity index (χ1v) is 7.37. The molecule has 0 saturated heterocycles.